The summed E-state index contributed by atoms with van der Waals surface area (Å²) in [5.41, 5.74) is 4.94. The second-order valence-electron chi connectivity index (χ2n) is 8.82. The van der Waals surface area contributed by atoms with Crippen molar-refractivity contribution in [1.29, 1.82) is 0 Å². The fraction of sp³-hybridized carbons (Fsp3) is 0.250. The monoisotopic (exact) mass is 476 g/mol. The third-order valence-electron chi connectivity index (χ3n) is 6.51. The quantitative estimate of drug-likeness (QED) is 0.245. The van der Waals surface area contributed by atoms with Crippen LogP contribution in [0.4, 0.5) is 13.2 Å². The van der Waals surface area contributed by atoms with E-state index in [1.807, 2.05) is 54.0 Å². The van der Waals surface area contributed by atoms with Gasteiger partial charge in [0.15, 0.2) is 5.82 Å². The molecule has 0 amide bonds. The summed E-state index contributed by atoms with van der Waals surface area (Å²) >= 11 is 0. The molecule has 0 radical (unpaired) electrons. The molecule has 0 unspecified atom stereocenters. The van der Waals surface area contributed by atoms with Crippen molar-refractivity contribution in [1.82, 2.24) is 20.1 Å². The van der Waals surface area contributed by atoms with E-state index in [2.05, 4.69) is 15.5 Å². The number of hydrogen-bond donors (Lipinski definition) is 2. The zero-order valence-electron chi connectivity index (χ0n) is 19.5. The Balaban J connectivity index is 1.55. The zero-order valence-corrected chi connectivity index (χ0v) is 19.5. The summed E-state index contributed by atoms with van der Waals surface area (Å²) in [6.07, 6.45) is 2.75. The normalized spacial score (nSPS) is 11.7. The van der Waals surface area contributed by atoms with Gasteiger partial charge >= 0.3 is 0 Å². The van der Waals surface area contributed by atoms with Crippen LogP contribution in [0.5, 0.6) is 0 Å². The van der Waals surface area contributed by atoms with Crippen molar-refractivity contribution >= 4 is 21.8 Å². The van der Waals surface area contributed by atoms with Gasteiger partial charge in [0, 0.05) is 21.9 Å². The number of aromatic amines is 1. The Hall–Kier alpha value is -3.58. The molecule has 0 aliphatic carbocycles. The Morgan fingerprint density at radius 2 is 1.89 bits per heavy atom. The third-order valence-corrected chi connectivity index (χ3v) is 6.51. The van der Waals surface area contributed by atoms with Crippen molar-refractivity contribution in [2.24, 2.45) is 0 Å². The lowest BCUT2D eigenvalue weighted by atomic mass is 10.0. The Labute approximate surface area is 201 Å². The SMILES string of the molecule is Cc1ccccc1-c1c(F)c2c3cn[nH]c3ccc2n1Cc1ccc(CCNCCCF)cc1F. The predicted molar refractivity (Wildman–Crippen MR) is 134 cm³/mol. The van der Waals surface area contributed by atoms with E-state index in [4.69, 9.17) is 0 Å². The molecule has 4 nitrogen and oxygen atoms in total. The number of nitrogens with zero attached hydrogens (tertiary/aromatic N) is 2. The van der Waals surface area contributed by atoms with Gasteiger partial charge in [0.1, 0.15) is 5.82 Å². The molecule has 0 atom stereocenters. The van der Waals surface area contributed by atoms with Crippen molar-refractivity contribution in [2.75, 3.05) is 19.8 Å². The molecule has 0 saturated heterocycles. The number of benzene rings is 3. The first-order valence-electron chi connectivity index (χ1n) is 11.8. The highest BCUT2D eigenvalue weighted by Crippen LogP contribution is 2.38. The average Bonchev–Trinajstić information content (AvgIpc) is 3.43. The smallest absolute Gasteiger partial charge is 0.157 e. The van der Waals surface area contributed by atoms with Crippen LogP contribution in [0.3, 0.4) is 0 Å². The van der Waals surface area contributed by atoms with Crippen LogP contribution in [0.25, 0.3) is 33.1 Å². The van der Waals surface area contributed by atoms with Crippen LogP contribution < -0.4 is 5.32 Å². The molecule has 35 heavy (non-hydrogen) atoms. The lowest BCUT2D eigenvalue weighted by Gasteiger charge is -2.14. The highest BCUT2D eigenvalue weighted by atomic mass is 19.1. The van der Waals surface area contributed by atoms with E-state index in [1.165, 1.54) is 6.07 Å². The summed E-state index contributed by atoms with van der Waals surface area (Å²) in [6.45, 7) is 3.05. The van der Waals surface area contributed by atoms with Gasteiger partial charge < -0.3 is 9.88 Å². The van der Waals surface area contributed by atoms with Gasteiger partial charge in [-0.15, -0.1) is 0 Å². The van der Waals surface area contributed by atoms with Gasteiger partial charge in [-0.2, -0.15) is 5.10 Å². The molecular weight excluding hydrogens is 449 g/mol. The van der Waals surface area contributed by atoms with E-state index in [0.717, 1.165) is 22.2 Å². The number of rotatable bonds is 9. The second kappa shape index (κ2) is 9.96. The maximum Gasteiger partial charge on any atom is 0.157 e. The summed E-state index contributed by atoms with van der Waals surface area (Å²) in [7, 11) is 0. The lowest BCUT2D eigenvalue weighted by molar-refractivity contribution is 0.460. The summed E-state index contributed by atoms with van der Waals surface area (Å²) in [6, 6.07) is 16.6. The molecule has 0 spiro atoms. The molecule has 0 bridgehead atoms. The minimum absolute atomic E-state index is 0.189. The standard InChI is InChI=1S/C28H27F3N4/c1-18-5-2-3-6-21(18)28-27(31)26-22-16-33-34-24(22)9-10-25(26)35(28)17-20-8-7-19(15-23(20)30)11-14-32-13-4-12-29/h2-3,5-10,15-16,32H,4,11-14,17H2,1H3,(H,33,34). The van der Waals surface area contributed by atoms with E-state index in [0.29, 0.717) is 53.5 Å². The van der Waals surface area contributed by atoms with Crippen LogP contribution >= 0.6 is 0 Å². The first-order valence-corrected chi connectivity index (χ1v) is 11.8. The molecule has 0 aliphatic heterocycles. The number of alkyl halides is 1. The van der Waals surface area contributed by atoms with Gasteiger partial charge in [-0.1, -0.05) is 36.4 Å². The minimum Gasteiger partial charge on any atom is -0.333 e. The maximum absolute atomic E-state index is 16.1. The highest BCUT2D eigenvalue weighted by Gasteiger charge is 2.23. The minimum atomic E-state index is -0.346. The third kappa shape index (κ3) is 4.44. The Morgan fingerprint density at radius 3 is 2.69 bits per heavy atom. The van der Waals surface area contributed by atoms with Crippen LogP contribution in [-0.4, -0.2) is 34.5 Å². The first kappa shape index (κ1) is 23.2. The summed E-state index contributed by atoms with van der Waals surface area (Å²) in [4.78, 5) is 0. The molecule has 180 valence electrons. The molecule has 0 fully saturated rings. The van der Waals surface area contributed by atoms with Crippen LogP contribution in [0.15, 0.2) is 60.8 Å². The van der Waals surface area contributed by atoms with E-state index < -0.39 is 0 Å². The van der Waals surface area contributed by atoms with E-state index in [-0.39, 0.29) is 24.9 Å². The zero-order chi connectivity index (χ0) is 24.4. The Morgan fingerprint density at radius 1 is 1.03 bits per heavy atom. The largest absolute Gasteiger partial charge is 0.333 e. The topological polar surface area (TPSA) is 45.6 Å². The van der Waals surface area contributed by atoms with Crippen LogP contribution in [0.2, 0.25) is 0 Å². The van der Waals surface area contributed by atoms with E-state index in [1.54, 1.807) is 12.3 Å². The summed E-state index contributed by atoms with van der Waals surface area (Å²) in [5, 5.41) is 11.3. The van der Waals surface area contributed by atoms with Gasteiger partial charge in [0.25, 0.3) is 0 Å². The number of fused-ring (bicyclic) bond motifs is 3. The predicted octanol–water partition coefficient (Wildman–Crippen LogP) is 6.31. The van der Waals surface area contributed by atoms with Gasteiger partial charge in [0.05, 0.1) is 36.1 Å². The number of hydrogen-bond acceptors (Lipinski definition) is 2. The van der Waals surface area contributed by atoms with Gasteiger partial charge in [-0.3, -0.25) is 9.49 Å². The fourth-order valence-corrected chi connectivity index (χ4v) is 4.68. The van der Waals surface area contributed by atoms with Gasteiger partial charge in [-0.05, 0) is 62.2 Å². The number of halogens is 3. The van der Waals surface area contributed by atoms with Gasteiger partial charge in [0.2, 0.25) is 0 Å². The molecule has 2 heterocycles. The molecule has 0 saturated carbocycles. The van der Waals surface area contributed by atoms with Crippen LogP contribution in [-0.2, 0) is 13.0 Å². The molecule has 3 aromatic carbocycles. The maximum atomic E-state index is 16.1. The molecule has 5 rings (SSSR count). The van der Waals surface area contributed by atoms with Crippen molar-refractivity contribution < 1.29 is 13.2 Å². The lowest BCUT2D eigenvalue weighted by Crippen LogP contribution is -2.19. The molecule has 7 heteroatoms. The molecule has 2 N–H and O–H groups in total. The Kier molecular flexibility index (Phi) is 6.59. The number of aromatic nitrogens is 3. The van der Waals surface area contributed by atoms with Crippen LogP contribution in [0, 0.1) is 18.6 Å². The number of aryl methyl sites for hydroxylation is 1. The highest BCUT2D eigenvalue weighted by molar-refractivity contribution is 6.07. The van der Waals surface area contributed by atoms with Crippen molar-refractivity contribution in [2.45, 2.75) is 26.3 Å². The first-order chi connectivity index (χ1) is 17.1. The number of nitrogens with one attached hydrogen (secondary N) is 2. The van der Waals surface area contributed by atoms with Crippen LogP contribution in [0.1, 0.15) is 23.1 Å². The molecular formula is C28H27F3N4. The molecule has 5 aromatic rings. The fourth-order valence-electron chi connectivity index (χ4n) is 4.68. The Bertz CT molecular complexity index is 1480. The van der Waals surface area contributed by atoms with Gasteiger partial charge in [-0.25, -0.2) is 8.78 Å². The number of H-pyrrole nitrogens is 1. The van der Waals surface area contributed by atoms with E-state index in [9.17, 15) is 4.39 Å². The van der Waals surface area contributed by atoms with Crippen molar-refractivity contribution in [3.05, 3.63) is 89.1 Å². The molecule has 2 aromatic heterocycles. The molecule has 0 aliphatic rings. The second-order valence-corrected chi connectivity index (χ2v) is 8.82. The summed E-state index contributed by atoms with van der Waals surface area (Å²) in [5.74, 6) is -0.661. The van der Waals surface area contributed by atoms with Crippen molar-refractivity contribution in [3.63, 3.8) is 0 Å². The average molecular weight is 477 g/mol. The van der Waals surface area contributed by atoms with Crippen molar-refractivity contribution in [3.8, 4) is 11.3 Å². The van der Waals surface area contributed by atoms with E-state index >= 15 is 8.78 Å². The summed E-state index contributed by atoms with van der Waals surface area (Å²) < 4.78 is 45.3.